The third-order valence-corrected chi connectivity index (χ3v) is 4.39. The molecule has 0 radical (unpaired) electrons. The summed E-state index contributed by atoms with van der Waals surface area (Å²) in [5.41, 5.74) is 4.03. The molecule has 0 saturated carbocycles. The molecule has 0 aliphatic rings. The van der Waals surface area contributed by atoms with Gasteiger partial charge in [-0.25, -0.2) is 4.79 Å². The number of hydrogen-bond donors (Lipinski definition) is 2. The Labute approximate surface area is 138 Å². The van der Waals surface area contributed by atoms with Crippen LogP contribution < -0.4 is 5.73 Å². The molecule has 5 aromatic carbocycles. The van der Waals surface area contributed by atoms with Gasteiger partial charge in [0.2, 0.25) is 0 Å². The highest BCUT2D eigenvalue weighted by molar-refractivity contribution is 6.32. The molecule has 0 heterocycles. The Kier molecular flexibility index (Phi) is 3.21. The fourth-order valence-electron chi connectivity index (χ4n) is 3.58. The predicted molar refractivity (Wildman–Crippen MR) is 99.9 cm³/mol. The maximum Gasteiger partial charge on any atom is 0.402 e. The molecule has 3 N–H and O–H groups in total. The van der Waals surface area contributed by atoms with Crippen molar-refractivity contribution in [1.29, 1.82) is 0 Å². The van der Waals surface area contributed by atoms with Crippen LogP contribution in [-0.4, -0.2) is 11.2 Å². The molecule has 0 unspecified atom stereocenters. The van der Waals surface area contributed by atoms with Crippen LogP contribution in [-0.2, 0) is 0 Å². The van der Waals surface area contributed by atoms with Crippen molar-refractivity contribution in [2.24, 2.45) is 5.73 Å². The van der Waals surface area contributed by atoms with E-state index in [0.29, 0.717) is 0 Å². The zero-order valence-electron chi connectivity index (χ0n) is 12.9. The SMILES string of the molecule is NC(=O)O.c1cc2cccc3c4cccc5cccc(c(c1)c23)c54. The molecule has 5 rings (SSSR count). The summed E-state index contributed by atoms with van der Waals surface area (Å²) in [5, 5.41) is 18.1. The van der Waals surface area contributed by atoms with E-state index in [9.17, 15) is 0 Å². The molecule has 0 bridgehead atoms. The van der Waals surface area contributed by atoms with Crippen molar-refractivity contribution in [3.8, 4) is 0 Å². The summed E-state index contributed by atoms with van der Waals surface area (Å²) in [6.07, 6.45) is -1.33. The lowest BCUT2D eigenvalue weighted by Gasteiger charge is -2.13. The van der Waals surface area contributed by atoms with E-state index >= 15 is 0 Å². The zero-order chi connectivity index (χ0) is 16.7. The van der Waals surface area contributed by atoms with E-state index < -0.39 is 6.09 Å². The molecule has 3 nitrogen and oxygen atoms in total. The lowest BCUT2D eigenvalue weighted by Crippen LogP contribution is -2.03. The fourth-order valence-corrected chi connectivity index (χ4v) is 3.58. The van der Waals surface area contributed by atoms with Gasteiger partial charge in [-0.1, -0.05) is 72.8 Å². The largest absolute Gasteiger partial charge is 0.465 e. The van der Waals surface area contributed by atoms with Crippen LogP contribution in [0.15, 0.2) is 72.8 Å². The van der Waals surface area contributed by atoms with Gasteiger partial charge >= 0.3 is 6.09 Å². The number of fused-ring (bicyclic) bond motifs is 2. The van der Waals surface area contributed by atoms with Crippen molar-refractivity contribution in [3.63, 3.8) is 0 Å². The number of benzene rings is 5. The third kappa shape index (κ3) is 2.10. The first-order chi connectivity index (χ1) is 11.7. The van der Waals surface area contributed by atoms with Crippen molar-refractivity contribution < 1.29 is 9.90 Å². The van der Waals surface area contributed by atoms with Gasteiger partial charge in [0.15, 0.2) is 0 Å². The minimum Gasteiger partial charge on any atom is -0.465 e. The highest BCUT2D eigenvalue weighted by Gasteiger charge is 2.11. The van der Waals surface area contributed by atoms with E-state index in [2.05, 4.69) is 78.5 Å². The number of hydrogen-bond acceptors (Lipinski definition) is 1. The number of rotatable bonds is 0. The van der Waals surface area contributed by atoms with Gasteiger partial charge in [-0.3, -0.25) is 0 Å². The minimum atomic E-state index is -1.33. The van der Waals surface area contributed by atoms with Crippen molar-refractivity contribution in [2.75, 3.05) is 0 Å². The van der Waals surface area contributed by atoms with E-state index in [0.717, 1.165) is 0 Å². The van der Waals surface area contributed by atoms with Crippen LogP contribution in [0, 0.1) is 0 Å². The molecule has 0 saturated heterocycles. The van der Waals surface area contributed by atoms with Gasteiger partial charge in [0.1, 0.15) is 0 Å². The monoisotopic (exact) mass is 313 g/mol. The second-order valence-corrected chi connectivity index (χ2v) is 5.76. The molecule has 0 fully saturated rings. The Morgan fingerprint density at radius 1 is 0.625 bits per heavy atom. The van der Waals surface area contributed by atoms with Gasteiger partial charge < -0.3 is 10.8 Å². The Hall–Kier alpha value is -3.33. The fraction of sp³-hybridized carbons (Fsp3) is 0. The molecular weight excluding hydrogens is 298 g/mol. The van der Waals surface area contributed by atoms with Crippen LogP contribution in [0.4, 0.5) is 4.79 Å². The number of primary amides is 1. The third-order valence-electron chi connectivity index (χ3n) is 4.39. The quantitative estimate of drug-likeness (QED) is 0.298. The first-order valence-corrected chi connectivity index (χ1v) is 7.69. The molecule has 24 heavy (non-hydrogen) atoms. The van der Waals surface area contributed by atoms with Crippen LogP contribution in [0.5, 0.6) is 0 Å². The zero-order valence-corrected chi connectivity index (χ0v) is 12.9. The van der Waals surface area contributed by atoms with Gasteiger partial charge in [0.05, 0.1) is 0 Å². The predicted octanol–water partition coefficient (Wildman–Crippen LogP) is 5.36. The van der Waals surface area contributed by atoms with Crippen LogP contribution in [0.2, 0.25) is 0 Å². The summed E-state index contributed by atoms with van der Waals surface area (Å²) < 4.78 is 0. The molecule has 0 aliphatic heterocycles. The summed E-state index contributed by atoms with van der Waals surface area (Å²) in [5.74, 6) is 0. The van der Waals surface area contributed by atoms with E-state index in [1.807, 2.05) is 0 Å². The van der Waals surface area contributed by atoms with Crippen LogP contribution in [0.3, 0.4) is 0 Å². The van der Waals surface area contributed by atoms with Gasteiger partial charge in [0.25, 0.3) is 0 Å². The average Bonchev–Trinajstić information content (AvgIpc) is 2.59. The summed E-state index contributed by atoms with van der Waals surface area (Å²) >= 11 is 0. The standard InChI is InChI=1S/C20H12.CH3NO2/c1-5-13-6-2-11-17-18-12-4-8-14-7-3-10-16(20(14)18)15(9-1)19(13)17;2-1(3)4/h1-12H;2H2,(H,3,4). The number of carboxylic acid groups (broad SMARTS) is 1. The van der Waals surface area contributed by atoms with Gasteiger partial charge in [0, 0.05) is 0 Å². The topological polar surface area (TPSA) is 63.3 Å². The van der Waals surface area contributed by atoms with E-state index in [-0.39, 0.29) is 0 Å². The first kappa shape index (κ1) is 14.3. The van der Waals surface area contributed by atoms with Crippen molar-refractivity contribution in [1.82, 2.24) is 0 Å². The second kappa shape index (κ2) is 5.39. The van der Waals surface area contributed by atoms with Crippen LogP contribution in [0.1, 0.15) is 0 Å². The normalized spacial score (nSPS) is 11.0. The molecule has 3 heteroatoms. The summed E-state index contributed by atoms with van der Waals surface area (Å²) in [6, 6.07) is 26.4. The van der Waals surface area contributed by atoms with Crippen LogP contribution >= 0.6 is 0 Å². The van der Waals surface area contributed by atoms with Crippen molar-refractivity contribution in [2.45, 2.75) is 0 Å². The Bertz CT molecular complexity index is 1020. The van der Waals surface area contributed by atoms with Crippen molar-refractivity contribution >= 4 is 49.2 Å². The smallest absolute Gasteiger partial charge is 0.402 e. The first-order valence-electron chi connectivity index (χ1n) is 7.69. The molecule has 1 amide bonds. The lowest BCUT2D eigenvalue weighted by atomic mass is 9.90. The molecular formula is C21H15NO2. The Morgan fingerprint density at radius 3 is 1.12 bits per heavy atom. The highest BCUT2D eigenvalue weighted by atomic mass is 16.4. The summed E-state index contributed by atoms with van der Waals surface area (Å²) in [6.45, 7) is 0. The summed E-state index contributed by atoms with van der Waals surface area (Å²) in [4.78, 5) is 8.78. The van der Waals surface area contributed by atoms with Gasteiger partial charge in [-0.2, -0.15) is 0 Å². The Balaban J connectivity index is 0.000000332. The molecule has 0 aliphatic carbocycles. The minimum absolute atomic E-state index is 1.33. The van der Waals surface area contributed by atoms with E-state index in [1.165, 1.54) is 43.1 Å². The molecule has 0 spiro atoms. The molecule has 5 aromatic rings. The summed E-state index contributed by atoms with van der Waals surface area (Å²) in [7, 11) is 0. The van der Waals surface area contributed by atoms with Crippen LogP contribution in [0.25, 0.3) is 43.1 Å². The number of nitrogens with two attached hydrogens (primary N) is 1. The number of amides is 1. The molecule has 0 atom stereocenters. The molecule has 116 valence electrons. The Morgan fingerprint density at radius 2 is 0.875 bits per heavy atom. The van der Waals surface area contributed by atoms with E-state index in [1.54, 1.807) is 0 Å². The van der Waals surface area contributed by atoms with E-state index in [4.69, 9.17) is 9.90 Å². The average molecular weight is 313 g/mol. The number of carbonyl (C=O) groups is 1. The maximum absolute atomic E-state index is 8.78. The highest BCUT2D eigenvalue weighted by Crippen LogP contribution is 2.39. The van der Waals surface area contributed by atoms with Crippen molar-refractivity contribution in [3.05, 3.63) is 72.8 Å². The lowest BCUT2D eigenvalue weighted by molar-refractivity contribution is 0.205. The van der Waals surface area contributed by atoms with Gasteiger partial charge in [-0.05, 0) is 43.1 Å². The van der Waals surface area contributed by atoms with Gasteiger partial charge in [-0.15, -0.1) is 0 Å². The maximum atomic E-state index is 8.78. The molecule has 0 aromatic heterocycles. The second-order valence-electron chi connectivity index (χ2n) is 5.76.